The van der Waals surface area contributed by atoms with Crippen LogP contribution in [0.2, 0.25) is 0 Å². The van der Waals surface area contributed by atoms with Gasteiger partial charge >= 0.3 is 5.97 Å². The second-order valence-electron chi connectivity index (χ2n) is 9.19. The summed E-state index contributed by atoms with van der Waals surface area (Å²) in [4.78, 5) is 12.8. The molecule has 0 fully saturated rings. The van der Waals surface area contributed by atoms with E-state index in [-0.39, 0.29) is 23.3 Å². The highest BCUT2D eigenvalue weighted by Crippen LogP contribution is 2.45. The van der Waals surface area contributed by atoms with Crippen molar-refractivity contribution < 1.29 is 28.5 Å². The van der Waals surface area contributed by atoms with E-state index in [1.165, 1.54) is 0 Å². The molecule has 0 saturated heterocycles. The van der Waals surface area contributed by atoms with Gasteiger partial charge < -0.3 is 29.4 Å². The van der Waals surface area contributed by atoms with Crippen LogP contribution in [0.1, 0.15) is 61.5 Å². The molecule has 0 amide bonds. The van der Waals surface area contributed by atoms with Crippen molar-refractivity contribution in [2.24, 2.45) is 5.73 Å². The molecule has 0 saturated carbocycles. The summed E-state index contributed by atoms with van der Waals surface area (Å²) in [5.41, 5.74) is 8.33. The lowest BCUT2D eigenvalue weighted by atomic mass is 9.83. The molecule has 8 heteroatoms. The van der Waals surface area contributed by atoms with Crippen LogP contribution in [0.15, 0.2) is 72.1 Å². The van der Waals surface area contributed by atoms with E-state index in [0.717, 1.165) is 12.0 Å². The van der Waals surface area contributed by atoms with E-state index in [4.69, 9.17) is 29.4 Å². The Hall–Kier alpha value is -4.64. The van der Waals surface area contributed by atoms with E-state index < -0.39 is 11.9 Å². The predicted octanol–water partition coefficient (Wildman–Crippen LogP) is 6.10. The monoisotopic (exact) mass is 528 g/mol. The standard InChI is InChI=1S/C31H32N2O6/c1-5-15-36-26-14-9-21(16-28(26)35-6-2)29-24-13-12-23(17-27(24)39-30(33)25(29)18-32)38-31(34)20-7-10-22(11-8-20)37-19(3)4/h7-14,16-17,19,29H,5-6,15,33H2,1-4H3. The average molecular weight is 529 g/mol. The first-order valence-electron chi connectivity index (χ1n) is 12.9. The van der Waals surface area contributed by atoms with E-state index in [2.05, 4.69) is 6.07 Å². The summed E-state index contributed by atoms with van der Waals surface area (Å²) in [7, 11) is 0. The van der Waals surface area contributed by atoms with Gasteiger partial charge in [0, 0.05) is 11.6 Å². The fourth-order valence-corrected chi connectivity index (χ4v) is 4.25. The maximum Gasteiger partial charge on any atom is 0.343 e. The summed E-state index contributed by atoms with van der Waals surface area (Å²) in [5, 5.41) is 9.93. The van der Waals surface area contributed by atoms with Gasteiger partial charge in [-0.3, -0.25) is 0 Å². The minimum absolute atomic E-state index is 0.0107. The number of fused-ring (bicyclic) bond motifs is 1. The van der Waals surface area contributed by atoms with Crippen LogP contribution < -0.4 is 29.4 Å². The molecule has 0 aliphatic carbocycles. The minimum Gasteiger partial charge on any atom is -0.491 e. The second-order valence-corrected chi connectivity index (χ2v) is 9.19. The Kier molecular flexibility index (Phi) is 8.62. The fraction of sp³-hybridized carbons (Fsp3) is 0.290. The topological polar surface area (TPSA) is 113 Å². The van der Waals surface area contributed by atoms with E-state index in [1.807, 2.05) is 45.9 Å². The Bertz CT molecular complexity index is 1410. The van der Waals surface area contributed by atoms with Crippen LogP contribution >= 0.6 is 0 Å². The third-order valence-corrected chi connectivity index (χ3v) is 5.93. The van der Waals surface area contributed by atoms with Gasteiger partial charge in [0.2, 0.25) is 5.88 Å². The Balaban J connectivity index is 1.63. The van der Waals surface area contributed by atoms with Crippen molar-refractivity contribution in [3.8, 4) is 34.8 Å². The zero-order valence-electron chi connectivity index (χ0n) is 22.5. The molecule has 2 N–H and O–H groups in total. The highest BCUT2D eigenvalue weighted by Gasteiger charge is 2.32. The van der Waals surface area contributed by atoms with Crippen LogP contribution in [0.4, 0.5) is 0 Å². The Morgan fingerprint density at radius 1 is 1.00 bits per heavy atom. The van der Waals surface area contributed by atoms with Crippen molar-refractivity contribution in [2.45, 2.75) is 46.1 Å². The first-order chi connectivity index (χ1) is 18.8. The second kappa shape index (κ2) is 12.3. The first kappa shape index (κ1) is 27.4. The third-order valence-electron chi connectivity index (χ3n) is 5.93. The number of nitriles is 1. The van der Waals surface area contributed by atoms with Gasteiger partial charge in [0.25, 0.3) is 0 Å². The van der Waals surface area contributed by atoms with Crippen LogP contribution in [0.5, 0.6) is 28.7 Å². The van der Waals surface area contributed by atoms with Gasteiger partial charge in [-0.25, -0.2) is 4.79 Å². The van der Waals surface area contributed by atoms with Crippen molar-refractivity contribution in [2.75, 3.05) is 13.2 Å². The maximum atomic E-state index is 12.8. The molecule has 1 atom stereocenters. The molecule has 0 bridgehead atoms. The summed E-state index contributed by atoms with van der Waals surface area (Å²) in [6, 6.07) is 19.6. The smallest absolute Gasteiger partial charge is 0.343 e. The van der Waals surface area contributed by atoms with Gasteiger partial charge in [-0.05, 0) is 75.2 Å². The molecule has 0 aromatic heterocycles. The van der Waals surface area contributed by atoms with Crippen LogP contribution in [0, 0.1) is 11.3 Å². The van der Waals surface area contributed by atoms with Gasteiger partial charge in [-0.1, -0.05) is 19.1 Å². The van der Waals surface area contributed by atoms with Crippen molar-refractivity contribution in [1.29, 1.82) is 5.26 Å². The number of hydrogen-bond acceptors (Lipinski definition) is 8. The van der Waals surface area contributed by atoms with E-state index in [9.17, 15) is 10.1 Å². The summed E-state index contributed by atoms with van der Waals surface area (Å²) in [6.07, 6.45) is 0.895. The zero-order chi connectivity index (χ0) is 27.9. The summed E-state index contributed by atoms with van der Waals surface area (Å²) < 4.78 is 28.7. The third kappa shape index (κ3) is 6.27. The van der Waals surface area contributed by atoms with Crippen molar-refractivity contribution in [3.05, 3.63) is 88.8 Å². The molecule has 1 heterocycles. The lowest BCUT2D eigenvalue weighted by molar-refractivity contribution is 0.0734. The fourth-order valence-electron chi connectivity index (χ4n) is 4.25. The molecular weight excluding hydrogens is 496 g/mol. The molecule has 4 rings (SSSR count). The predicted molar refractivity (Wildman–Crippen MR) is 146 cm³/mol. The summed E-state index contributed by atoms with van der Waals surface area (Å²) in [5.74, 6) is 1.53. The number of carbonyl (C=O) groups is 1. The molecule has 1 unspecified atom stereocenters. The highest BCUT2D eigenvalue weighted by molar-refractivity contribution is 5.91. The molecule has 1 aliphatic rings. The Labute approximate surface area is 228 Å². The van der Waals surface area contributed by atoms with E-state index >= 15 is 0 Å². The molecule has 8 nitrogen and oxygen atoms in total. The van der Waals surface area contributed by atoms with Crippen LogP contribution in [-0.4, -0.2) is 25.3 Å². The van der Waals surface area contributed by atoms with Crippen LogP contribution in [0.3, 0.4) is 0 Å². The van der Waals surface area contributed by atoms with Gasteiger partial charge in [-0.2, -0.15) is 5.26 Å². The maximum absolute atomic E-state index is 12.8. The molecule has 3 aromatic rings. The van der Waals surface area contributed by atoms with Crippen molar-refractivity contribution in [3.63, 3.8) is 0 Å². The number of esters is 1. The average Bonchev–Trinajstić information content (AvgIpc) is 2.91. The number of nitrogens with zero attached hydrogens (tertiary/aromatic N) is 1. The van der Waals surface area contributed by atoms with E-state index in [1.54, 1.807) is 42.5 Å². The summed E-state index contributed by atoms with van der Waals surface area (Å²) >= 11 is 0. The largest absolute Gasteiger partial charge is 0.491 e. The summed E-state index contributed by atoms with van der Waals surface area (Å²) in [6.45, 7) is 8.82. The van der Waals surface area contributed by atoms with Crippen molar-refractivity contribution in [1.82, 2.24) is 0 Å². The Morgan fingerprint density at radius 2 is 1.74 bits per heavy atom. The Morgan fingerprint density at radius 3 is 2.41 bits per heavy atom. The number of rotatable bonds is 10. The molecular formula is C31H32N2O6. The number of hydrogen-bond donors (Lipinski definition) is 1. The quantitative estimate of drug-likeness (QED) is 0.248. The number of carbonyl (C=O) groups excluding carboxylic acids is 1. The van der Waals surface area contributed by atoms with Gasteiger partial charge in [0.15, 0.2) is 11.5 Å². The lowest BCUT2D eigenvalue weighted by Crippen LogP contribution is -2.21. The molecule has 0 radical (unpaired) electrons. The number of benzene rings is 3. The molecule has 202 valence electrons. The molecule has 3 aromatic carbocycles. The van der Waals surface area contributed by atoms with Gasteiger partial charge in [0.1, 0.15) is 28.9 Å². The number of ether oxygens (including phenoxy) is 5. The molecule has 0 spiro atoms. The number of nitrogens with two attached hydrogens (primary N) is 1. The highest BCUT2D eigenvalue weighted by atomic mass is 16.5. The van der Waals surface area contributed by atoms with Gasteiger partial charge in [-0.15, -0.1) is 0 Å². The van der Waals surface area contributed by atoms with Crippen LogP contribution in [-0.2, 0) is 0 Å². The zero-order valence-corrected chi connectivity index (χ0v) is 22.5. The molecule has 39 heavy (non-hydrogen) atoms. The van der Waals surface area contributed by atoms with Crippen molar-refractivity contribution >= 4 is 5.97 Å². The van der Waals surface area contributed by atoms with E-state index in [0.29, 0.717) is 47.3 Å². The number of allylic oxidation sites excluding steroid dienone is 1. The first-order valence-corrected chi connectivity index (χ1v) is 12.9. The van der Waals surface area contributed by atoms with Gasteiger partial charge in [0.05, 0.1) is 30.8 Å². The normalized spacial score (nSPS) is 14.2. The lowest BCUT2D eigenvalue weighted by Gasteiger charge is -2.27. The molecule has 1 aliphatic heterocycles. The SMILES string of the molecule is CCCOc1ccc(C2C(C#N)=C(N)Oc3cc(OC(=O)c4ccc(OC(C)C)cc4)ccc32)cc1OCC. The van der Waals surface area contributed by atoms with Crippen LogP contribution in [0.25, 0.3) is 0 Å². The minimum atomic E-state index is -0.524.